The number of hydrogen-bond donors (Lipinski definition) is 0. The van der Waals surface area contributed by atoms with Crippen LogP contribution in [0.4, 0.5) is 5.13 Å². The number of aryl methyl sites for hydroxylation is 2. The van der Waals surface area contributed by atoms with Gasteiger partial charge >= 0.3 is 5.97 Å². The molecule has 3 unspecified atom stereocenters. The average Bonchev–Trinajstić information content (AvgIpc) is 3.53. The number of nitrogens with zero attached hydrogens (tertiary/aromatic N) is 2. The first-order valence-corrected chi connectivity index (χ1v) is 12.9. The van der Waals surface area contributed by atoms with E-state index in [-0.39, 0.29) is 17.9 Å². The molecule has 1 saturated heterocycles. The van der Waals surface area contributed by atoms with Gasteiger partial charge in [-0.3, -0.25) is 4.79 Å². The van der Waals surface area contributed by atoms with E-state index >= 15 is 0 Å². The molecular weight excluding hydrogens is 500 g/mol. The lowest BCUT2D eigenvalue weighted by Gasteiger charge is -2.26. The van der Waals surface area contributed by atoms with Crippen LogP contribution in [0.2, 0.25) is 0 Å². The Labute approximate surface area is 206 Å². The highest BCUT2D eigenvalue weighted by atomic mass is 79.9. The number of rotatable bonds is 6. The third-order valence-electron chi connectivity index (χ3n) is 6.90. The number of ether oxygens (including phenoxy) is 2. The number of anilines is 1. The predicted octanol–water partition coefficient (Wildman–Crippen LogP) is 6.16. The number of hydrogen-bond acceptors (Lipinski definition) is 6. The molecule has 1 aliphatic heterocycles. The van der Waals surface area contributed by atoms with Crippen LogP contribution < -0.4 is 9.64 Å². The zero-order chi connectivity index (χ0) is 23.1. The summed E-state index contributed by atoms with van der Waals surface area (Å²) in [7, 11) is 1.49. The maximum absolute atomic E-state index is 12.3. The van der Waals surface area contributed by atoms with Crippen molar-refractivity contribution in [3.8, 4) is 17.0 Å². The van der Waals surface area contributed by atoms with Crippen LogP contribution in [0, 0.1) is 25.7 Å². The fraction of sp³-hybridized carbons (Fsp3) is 0.385. The molecule has 172 valence electrons. The summed E-state index contributed by atoms with van der Waals surface area (Å²) in [4.78, 5) is 19.6. The first-order chi connectivity index (χ1) is 15.9. The largest absolute Gasteiger partial charge is 0.488 e. The van der Waals surface area contributed by atoms with E-state index in [4.69, 9.17) is 14.5 Å². The number of carbonyl (C=O) groups is 1. The molecule has 3 aromatic rings. The van der Waals surface area contributed by atoms with Crippen LogP contribution in [-0.4, -0.2) is 30.6 Å². The van der Waals surface area contributed by atoms with Crippen molar-refractivity contribution in [1.82, 2.24) is 4.98 Å². The topological polar surface area (TPSA) is 51.7 Å². The molecule has 3 atom stereocenters. The van der Waals surface area contributed by atoms with E-state index in [2.05, 4.69) is 64.3 Å². The Balaban J connectivity index is 1.38. The minimum atomic E-state index is -0.0839. The Morgan fingerprint density at radius 2 is 2.06 bits per heavy atom. The summed E-state index contributed by atoms with van der Waals surface area (Å²) in [6, 6.07) is 12.7. The SMILES string of the molecule is COC(=O)C1C2CCC1N(c1nc(-c3cc(C)ccc3OCc3ccc(Br)cc3C)cs1)C2. The van der Waals surface area contributed by atoms with Crippen molar-refractivity contribution < 1.29 is 14.3 Å². The summed E-state index contributed by atoms with van der Waals surface area (Å²) in [6.07, 6.45) is 2.11. The van der Waals surface area contributed by atoms with Gasteiger partial charge in [-0.25, -0.2) is 4.98 Å². The van der Waals surface area contributed by atoms with Crippen LogP contribution in [0.1, 0.15) is 29.5 Å². The van der Waals surface area contributed by atoms with Crippen molar-refractivity contribution in [3.05, 3.63) is 62.9 Å². The monoisotopic (exact) mass is 526 g/mol. The van der Waals surface area contributed by atoms with E-state index in [1.54, 1.807) is 11.3 Å². The lowest BCUT2D eigenvalue weighted by molar-refractivity contribution is -0.146. The Hall–Kier alpha value is -2.38. The van der Waals surface area contributed by atoms with E-state index in [1.165, 1.54) is 12.7 Å². The molecule has 5 rings (SSSR count). The van der Waals surface area contributed by atoms with Gasteiger partial charge in [-0.1, -0.05) is 33.6 Å². The fourth-order valence-electron chi connectivity index (χ4n) is 5.17. The molecule has 0 N–H and O–H groups in total. The van der Waals surface area contributed by atoms with E-state index in [0.717, 1.165) is 57.1 Å². The Morgan fingerprint density at radius 3 is 2.85 bits per heavy atom. The van der Waals surface area contributed by atoms with Gasteiger partial charge in [-0.05, 0) is 68.0 Å². The van der Waals surface area contributed by atoms with Gasteiger partial charge in [0.2, 0.25) is 0 Å². The summed E-state index contributed by atoms with van der Waals surface area (Å²) in [5, 5.41) is 3.07. The highest BCUT2D eigenvalue weighted by Gasteiger charge is 2.51. The number of methoxy groups -OCH3 is 1. The summed E-state index contributed by atoms with van der Waals surface area (Å²) in [5.74, 6) is 1.07. The van der Waals surface area contributed by atoms with Crippen LogP contribution in [0.5, 0.6) is 5.75 Å². The van der Waals surface area contributed by atoms with Gasteiger partial charge < -0.3 is 14.4 Å². The molecule has 33 heavy (non-hydrogen) atoms. The van der Waals surface area contributed by atoms with Crippen molar-refractivity contribution in [2.75, 3.05) is 18.6 Å². The lowest BCUT2D eigenvalue weighted by Crippen LogP contribution is -2.35. The van der Waals surface area contributed by atoms with Crippen LogP contribution in [-0.2, 0) is 16.1 Å². The zero-order valence-electron chi connectivity index (χ0n) is 19.0. The number of fused-ring (bicyclic) bond motifs is 2. The van der Waals surface area contributed by atoms with Gasteiger partial charge in [-0.15, -0.1) is 11.3 Å². The van der Waals surface area contributed by atoms with Crippen LogP contribution in [0.3, 0.4) is 0 Å². The predicted molar refractivity (Wildman–Crippen MR) is 135 cm³/mol. The maximum atomic E-state index is 12.3. The fourth-order valence-corrected chi connectivity index (χ4v) is 6.54. The molecule has 2 heterocycles. The van der Waals surface area contributed by atoms with E-state index in [9.17, 15) is 4.79 Å². The molecule has 1 saturated carbocycles. The number of piperidine rings is 1. The minimum Gasteiger partial charge on any atom is -0.488 e. The normalized spacial score (nSPS) is 21.5. The first kappa shape index (κ1) is 22.4. The molecule has 2 bridgehead atoms. The van der Waals surface area contributed by atoms with Gasteiger partial charge in [0.25, 0.3) is 0 Å². The molecule has 5 nitrogen and oxygen atoms in total. The molecule has 1 aliphatic carbocycles. The Bertz CT molecular complexity index is 1190. The van der Waals surface area contributed by atoms with Gasteiger partial charge in [0.05, 0.1) is 18.7 Å². The summed E-state index contributed by atoms with van der Waals surface area (Å²) >= 11 is 5.16. The van der Waals surface area contributed by atoms with Gasteiger partial charge in [0, 0.05) is 28.0 Å². The van der Waals surface area contributed by atoms with Crippen LogP contribution in [0.25, 0.3) is 11.3 Å². The van der Waals surface area contributed by atoms with Gasteiger partial charge in [0.1, 0.15) is 12.4 Å². The van der Waals surface area contributed by atoms with E-state index in [0.29, 0.717) is 12.5 Å². The molecule has 1 aromatic heterocycles. The molecule has 2 fully saturated rings. The zero-order valence-corrected chi connectivity index (χ0v) is 21.4. The first-order valence-electron chi connectivity index (χ1n) is 11.2. The summed E-state index contributed by atoms with van der Waals surface area (Å²) in [6.45, 7) is 5.55. The molecule has 0 spiro atoms. The van der Waals surface area contributed by atoms with E-state index in [1.807, 2.05) is 12.1 Å². The molecule has 7 heteroatoms. The van der Waals surface area contributed by atoms with Crippen molar-refractivity contribution in [1.29, 1.82) is 0 Å². The van der Waals surface area contributed by atoms with Crippen molar-refractivity contribution in [2.24, 2.45) is 11.8 Å². The third-order valence-corrected chi connectivity index (χ3v) is 8.27. The third kappa shape index (κ3) is 4.28. The molecule has 0 amide bonds. The van der Waals surface area contributed by atoms with Gasteiger partial charge in [0.15, 0.2) is 5.13 Å². The second kappa shape index (κ2) is 9.11. The number of thiazole rings is 1. The number of halogens is 1. The second-order valence-corrected chi connectivity index (χ2v) is 10.7. The van der Waals surface area contributed by atoms with Gasteiger partial charge in [-0.2, -0.15) is 0 Å². The van der Waals surface area contributed by atoms with Crippen molar-refractivity contribution in [2.45, 2.75) is 39.3 Å². The second-order valence-electron chi connectivity index (χ2n) is 8.98. The number of benzene rings is 2. The standard InChI is InChI=1S/C26H27BrN2O3S/c1-15-4-9-23(32-13-18-5-7-19(27)11-16(18)2)20(10-15)21-14-33-26(28-21)29-12-17-6-8-22(29)24(17)25(30)31-3/h4-5,7,9-11,14,17,22,24H,6,8,12-13H2,1-3H3. The Kier molecular flexibility index (Phi) is 6.18. The molecule has 2 aromatic carbocycles. The van der Waals surface area contributed by atoms with Crippen LogP contribution >= 0.6 is 27.3 Å². The minimum absolute atomic E-state index is 0.0330. The maximum Gasteiger partial charge on any atom is 0.311 e. The quantitative estimate of drug-likeness (QED) is 0.360. The molecule has 0 radical (unpaired) electrons. The number of carbonyl (C=O) groups excluding carboxylic acids is 1. The molecular formula is C26H27BrN2O3S. The summed E-state index contributed by atoms with van der Waals surface area (Å²) < 4.78 is 12.4. The van der Waals surface area contributed by atoms with E-state index < -0.39 is 0 Å². The van der Waals surface area contributed by atoms with Crippen molar-refractivity contribution in [3.63, 3.8) is 0 Å². The Morgan fingerprint density at radius 1 is 1.21 bits per heavy atom. The van der Waals surface area contributed by atoms with Crippen LogP contribution in [0.15, 0.2) is 46.3 Å². The lowest BCUT2D eigenvalue weighted by atomic mass is 9.99. The highest BCUT2D eigenvalue weighted by Crippen LogP contribution is 2.47. The summed E-state index contributed by atoms with van der Waals surface area (Å²) in [5.41, 5.74) is 5.43. The van der Waals surface area contributed by atoms with Crippen molar-refractivity contribution >= 4 is 38.4 Å². The highest BCUT2D eigenvalue weighted by molar-refractivity contribution is 9.10. The average molecular weight is 527 g/mol. The number of esters is 1. The smallest absolute Gasteiger partial charge is 0.311 e. The molecule has 2 aliphatic rings. The number of aromatic nitrogens is 1.